The van der Waals surface area contributed by atoms with E-state index in [0.29, 0.717) is 12.5 Å². The van der Waals surface area contributed by atoms with E-state index in [2.05, 4.69) is 11.4 Å². The van der Waals surface area contributed by atoms with Crippen molar-refractivity contribution < 1.29 is 0 Å². The molecule has 0 aromatic carbocycles. The van der Waals surface area contributed by atoms with Crippen LogP contribution in [0.4, 0.5) is 0 Å². The fourth-order valence-electron chi connectivity index (χ4n) is 3.01. The van der Waals surface area contributed by atoms with Crippen molar-refractivity contribution in [2.75, 3.05) is 13.6 Å². The summed E-state index contributed by atoms with van der Waals surface area (Å²) in [5.41, 5.74) is 0. The lowest BCUT2D eigenvalue weighted by Crippen LogP contribution is -2.45. The third-order valence-electron chi connectivity index (χ3n) is 3.95. The van der Waals surface area contributed by atoms with Crippen molar-refractivity contribution in [2.45, 2.75) is 38.1 Å². The minimum atomic E-state index is 0.537. The number of nitriles is 1. The van der Waals surface area contributed by atoms with E-state index in [1.165, 1.54) is 25.7 Å². The fourth-order valence-corrected chi connectivity index (χ4v) is 3.25. The predicted octanol–water partition coefficient (Wildman–Crippen LogP) is 1.89. The molecule has 2 aliphatic carbocycles. The Kier molecular flexibility index (Phi) is 3.65. The summed E-state index contributed by atoms with van der Waals surface area (Å²) in [6.45, 7) is 0.725. The van der Waals surface area contributed by atoms with Gasteiger partial charge in [0.2, 0.25) is 0 Å². The van der Waals surface area contributed by atoms with Gasteiger partial charge in [-0.2, -0.15) is 5.26 Å². The zero-order valence-corrected chi connectivity index (χ0v) is 10.6. The highest BCUT2D eigenvalue weighted by Gasteiger charge is 2.39. The molecule has 88 valence electrons. The van der Waals surface area contributed by atoms with Crippen LogP contribution in [0.5, 0.6) is 0 Å². The van der Waals surface area contributed by atoms with Crippen molar-refractivity contribution in [2.24, 2.45) is 11.8 Å². The average Bonchev–Trinajstić information content (AvgIpc) is 2.87. The molecule has 0 spiro atoms. The highest BCUT2D eigenvalue weighted by molar-refractivity contribution is 7.80. The van der Waals surface area contributed by atoms with E-state index >= 15 is 0 Å². The van der Waals surface area contributed by atoms with Crippen molar-refractivity contribution in [1.82, 2.24) is 10.2 Å². The third-order valence-corrected chi connectivity index (χ3v) is 4.38. The smallest absolute Gasteiger partial charge is 0.168 e. The number of nitrogens with zero attached hydrogens (tertiary/aromatic N) is 2. The Morgan fingerprint density at radius 1 is 1.50 bits per heavy atom. The Labute approximate surface area is 103 Å². The van der Waals surface area contributed by atoms with Gasteiger partial charge in [0, 0.05) is 19.6 Å². The lowest BCUT2D eigenvalue weighted by Gasteiger charge is -2.28. The van der Waals surface area contributed by atoms with Gasteiger partial charge in [0.1, 0.15) is 0 Å². The molecule has 16 heavy (non-hydrogen) atoms. The van der Waals surface area contributed by atoms with Crippen LogP contribution in [0.3, 0.4) is 0 Å². The molecule has 2 rings (SSSR count). The maximum Gasteiger partial charge on any atom is 0.168 e. The molecule has 0 radical (unpaired) electrons. The van der Waals surface area contributed by atoms with E-state index in [1.807, 2.05) is 11.9 Å². The molecule has 4 heteroatoms. The predicted molar refractivity (Wildman–Crippen MR) is 67.8 cm³/mol. The summed E-state index contributed by atoms with van der Waals surface area (Å²) in [4.78, 5) is 1.98. The van der Waals surface area contributed by atoms with Crippen LogP contribution in [0.15, 0.2) is 0 Å². The Morgan fingerprint density at radius 2 is 2.31 bits per heavy atom. The van der Waals surface area contributed by atoms with E-state index in [1.54, 1.807) is 0 Å². The van der Waals surface area contributed by atoms with Gasteiger partial charge in [-0.25, -0.2) is 0 Å². The van der Waals surface area contributed by atoms with Crippen LogP contribution in [-0.2, 0) is 0 Å². The molecule has 2 saturated carbocycles. The molecule has 2 bridgehead atoms. The quantitative estimate of drug-likeness (QED) is 0.761. The second kappa shape index (κ2) is 5.01. The normalized spacial score (nSPS) is 31.1. The summed E-state index contributed by atoms with van der Waals surface area (Å²) in [6, 6.07) is 2.74. The Hall–Kier alpha value is -0.820. The molecule has 3 nitrogen and oxygen atoms in total. The highest BCUT2D eigenvalue weighted by Crippen LogP contribution is 2.44. The Balaban J connectivity index is 1.77. The van der Waals surface area contributed by atoms with Crippen LogP contribution in [-0.4, -0.2) is 29.6 Å². The number of thiocarbonyl (C=S) groups is 1. The first kappa shape index (κ1) is 11.7. The summed E-state index contributed by atoms with van der Waals surface area (Å²) in [5.74, 6) is 1.78. The summed E-state index contributed by atoms with van der Waals surface area (Å²) in [6.07, 6.45) is 6.00. The number of hydrogen-bond acceptors (Lipinski definition) is 2. The molecular weight excluding hydrogens is 218 g/mol. The van der Waals surface area contributed by atoms with Crippen LogP contribution < -0.4 is 5.32 Å². The van der Waals surface area contributed by atoms with E-state index in [9.17, 15) is 0 Å². The zero-order chi connectivity index (χ0) is 11.5. The van der Waals surface area contributed by atoms with E-state index in [0.717, 1.165) is 23.5 Å². The minimum absolute atomic E-state index is 0.537. The van der Waals surface area contributed by atoms with Crippen LogP contribution in [0, 0.1) is 23.2 Å². The van der Waals surface area contributed by atoms with Gasteiger partial charge >= 0.3 is 0 Å². The topological polar surface area (TPSA) is 39.1 Å². The average molecular weight is 237 g/mol. The zero-order valence-electron chi connectivity index (χ0n) is 9.78. The number of hydrogen-bond donors (Lipinski definition) is 1. The maximum absolute atomic E-state index is 8.53. The van der Waals surface area contributed by atoms with E-state index in [-0.39, 0.29) is 0 Å². The van der Waals surface area contributed by atoms with Gasteiger partial charge in [-0.15, -0.1) is 0 Å². The highest BCUT2D eigenvalue weighted by atomic mass is 32.1. The van der Waals surface area contributed by atoms with Crippen LogP contribution in [0.2, 0.25) is 0 Å². The first-order valence-electron chi connectivity index (χ1n) is 6.09. The minimum Gasteiger partial charge on any atom is -0.360 e. The van der Waals surface area contributed by atoms with Crippen molar-refractivity contribution >= 4 is 17.3 Å². The Morgan fingerprint density at radius 3 is 2.88 bits per heavy atom. The molecule has 0 unspecified atom stereocenters. The third kappa shape index (κ3) is 2.46. The molecule has 0 aliphatic heterocycles. The van der Waals surface area contributed by atoms with Crippen molar-refractivity contribution in [3.63, 3.8) is 0 Å². The Bertz CT molecular complexity index is 310. The summed E-state index contributed by atoms with van der Waals surface area (Å²) in [7, 11) is 1.96. The van der Waals surface area contributed by atoms with Gasteiger partial charge in [0.05, 0.1) is 12.5 Å². The second-order valence-corrected chi connectivity index (χ2v) is 5.45. The molecule has 0 heterocycles. The van der Waals surface area contributed by atoms with Gasteiger partial charge in [-0.3, -0.25) is 0 Å². The van der Waals surface area contributed by atoms with Gasteiger partial charge in [0.15, 0.2) is 5.11 Å². The molecule has 0 saturated heterocycles. The fraction of sp³-hybridized carbons (Fsp3) is 0.833. The standard InChI is InChI=1S/C12H19N3S/c1-15(6-2-5-13)12(16)14-11-8-9-3-4-10(11)7-9/h9-11H,2-4,6-8H2,1H3,(H,14,16)/t9-,10+,11+/m1/s1. The summed E-state index contributed by atoms with van der Waals surface area (Å²) in [5, 5.41) is 12.8. The maximum atomic E-state index is 8.53. The van der Waals surface area contributed by atoms with Gasteiger partial charge < -0.3 is 10.2 Å². The monoisotopic (exact) mass is 237 g/mol. The molecule has 2 fully saturated rings. The molecule has 0 aromatic rings. The molecule has 1 N–H and O–H groups in total. The SMILES string of the molecule is CN(CCC#N)C(=S)N[C@H]1C[C@@H]2CC[C@H]1C2. The molecule has 0 amide bonds. The van der Waals surface area contributed by atoms with E-state index < -0.39 is 0 Å². The molecule has 2 aliphatic rings. The largest absolute Gasteiger partial charge is 0.360 e. The van der Waals surface area contributed by atoms with Gasteiger partial charge in [0.25, 0.3) is 0 Å². The van der Waals surface area contributed by atoms with Crippen LogP contribution >= 0.6 is 12.2 Å². The summed E-state index contributed by atoms with van der Waals surface area (Å²) >= 11 is 5.35. The van der Waals surface area contributed by atoms with Gasteiger partial charge in [-0.05, 0) is 43.3 Å². The second-order valence-electron chi connectivity index (χ2n) is 5.06. The van der Waals surface area contributed by atoms with Gasteiger partial charge in [-0.1, -0.05) is 6.42 Å². The van der Waals surface area contributed by atoms with Crippen molar-refractivity contribution in [3.8, 4) is 6.07 Å². The first-order chi connectivity index (χ1) is 7.70. The number of fused-ring (bicyclic) bond motifs is 2. The first-order valence-corrected chi connectivity index (χ1v) is 6.50. The molecule has 0 aromatic heterocycles. The number of rotatable bonds is 3. The number of nitrogens with one attached hydrogen (secondary N) is 1. The lowest BCUT2D eigenvalue weighted by molar-refractivity contribution is 0.375. The van der Waals surface area contributed by atoms with Crippen LogP contribution in [0.25, 0.3) is 0 Å². The van der Waals surface area contributed by atoms with Crippen molar-refractivity contribution in [1.29, 1.82) is 5.26 Å². The summed E-state index contributed by atoms with van der Waals surface area (Å²) < 4.78 is 0. The van der Waals surface area contributed by atoms with E-state index in [4.69, 9.17) is 17.5 Å². The van der Waals surface area contributed by atoms with Crippen LogP contribution in [0.1, 0.15) is 32.1 Å². The molecule has 3 atom stereocenters. The molecular formula is C12H19N3S. The lowest BCUT2D eigenvalue weighted by atomic mass is 9.95. The van der Waals surface area contributed by atoms with Crippen molar-refractivity contribution in [3.05, 3.63) is 0 Å².